The van der Waals surface area contributed by atoms with Crippen LogP contribution in [0.15, 0.2) is 12.4 Å². The molecule has 1 fully saturated rings. The molecule has 5 nitrogen and oxygen atoms in total. The minimum absolute atomic E-state index is 0.171. The summed E-state index contributed by atoms with van der Waals surface area (Å²) in [7, 11) is 2.03. The molecule has 0 radical (unpaired) electrons. The van der Waals surface area contributed by atoms with E-state index in [1.807, 2.05) is 19.4 Å². The molecule has 0 aromatic carbocycles. The lowest BCUT2D eigenvalue weighted by atomic mass is 10.1. The predicted octanol–water partition coefficient (Wildman–Crippen LogP) is 0.791. The molecule has 1 N–H and O–H groups in total. The Morgan fingerprint density at radius 1 is 1.56 bits per heavy atom. The number of rotatable bonds is 5. The van der Waals surface area contributed by atoms with Gasteiger partial charge in [0.25, 0.3) is 0 Å². The Hall–Kier alpha value is -0.910. The smallest absolute Gasteiger partial charge is 0.128 e. The second kappa shape index (κ2) is 6.31. The van der Waals surface area contributed by atoms with Crippen LogP contribution in [0.3, 0.4) is 0 Å². The lowest BCUT2D eigenvalue weighted by molar-refractivity contribution is -0.0471. The second-order valence-electron chi connectivity index (χ2n) is 4.73. The first-order chi connectivity index (χ1) is 8.76. The van der Waals surface area contributed by atoms with Crippen molar-refractivity contribution in [3.8, 4) is 0 Å². The molecule has 5 heteroatoms. The number of hydrogen-bond acceptors (Lipinski definition) is 4. The van der Waals surface area contributed by atoms with Gasteiger partial charge in [-0.3, -0.25) is 4.90 Å². The van der Waals surface area contributed by atoms with Crippen molar-refractivity contribution >= 4 is 0 Å². The lowest BCUT2D eigenvalue weighted by Crippen LogP contribution is -2.48. The number of aryl methyl sites for hydroxylation is 1. The van der Waals surface area contributed by atoms with Gasteiger partial charge in [-0.25, -0.2) is 4.98 Å². The molecule has 1 saturated heterocycles. The van der Waals surface area contributed by atoms with E-state index in [4.69, 9.17) is 4.74 Å². The van der Waals surface area contributed by atoms with Crippen LogP contribution >= 0.6 is 0 Å². The van der Waals surface area contributed by atoms with Gasteiger partial charge >= 0.3 is 0 Å². The van der Waals surface area contributed by atoms with Crippen molar-refractivity contribution in [2.45, 2.75) is 26.0 Å². The molecule has 0 amide bonds. The number of imidazole rings is 1. The number of nitrogens with zero attached hydrogens (tertiary/aromatic N) is 3. The third-order valence-corrected chi connectivity index (χ3v) is 3.56. The summed E-state index contributed by atoms with van der Waals surface area (Å²) in [6, 6.07) is 0.171. The van der Waals surface area contributed by atoms with E-state index in [-0.39, 0.29) is 12.1 Å². The van der Waals surface area contributed by atoms with E-state index in [0.717, 1.165) is 38.6 Å². The molecule has 0 spiro atoms. The maximum Gasteiger partial charge on any atom is 0.128 e. The molecular formula is C13H24N4O. The van der Waals surface area contributed by atoms with Crippen molar-refractivity contribution in [1.29, 1.82) is 0 Å². The van der Waals surface area contributed by atoms with Crippen LogP contribution in [-0.4, -0.2) is 53.3 Å². The first-order valence-electron chi connectivity index (χ1n) is 6.80. The first-order valence-corrected chi connectivity index (χ1v) is 6.80. The summed E-state index contributed by atoms with van der Waals surface area (Å²) in [5, 5.41) is 3.51. The number of ether oxygens (including phenoxy) is 1. The molecule has 1 aromatic heterocycles. The Balaban J connectivity index is 2.12. The summed E-state index contributed by atoms with van der Waals surface area (Å²) in [4.78, 5) is 6.89. The Morgan fingerprint density at radius 3 is 3.00 bits per heavy atom. The molecular weight excluding hydrogens is 228 g/mol. The second-order valence-corrected chi connectivity index (χ2v) is 4.73. The minimum Gasteiger partial charge on any atom is -0.373 e. The number of nitrogens with one attached hydrogen (secondary N) is 1. The van der Waals surface area contributed by atoms with Crippen LogP contribution in [0.4, 0.5) is 0 Å². The van der Waals surface area contributed by atoms with Gasteiger partial charge in [0.2, 0.25) is 0 Å². The fourth-order valence-electron chi connectivity index (χ4n) is 2.51. The van der Waals surface area contributed by atoms with Gasteiger partial charge < -0.3 is 14.6 Å². The zero-order chi connectivity index (χ0) is 13.0. The van der Waals surface area contributed by atoms with Gasteiger partial charge in [-0.1, -0.05) is 13.8 Å². The standard InChI is InChI=1S/C13H24N4O/c1-4-14-12(13-15-6-7-16(13)3)11-10-17(5-2)8-9-18-11/h6-7,11-12,14H,4-5,8-10H2,1-3H3. The quantitative estimate of drug-likeness (QED) is 0.841. The minimum atomic E-state index is 0.171. The van der Waals surface area contributed by atoms with Crippen LogP contribution in [0.25, 0.3) is 0 Å². The number of likely N-dealkylation sites (N-methyl/N-ethyl adjacent to an activating group) is 2. The predicted molar refractivity (Wildman–Crippen MR) is 71.5 cm³/mol. The van der Waals surface area contributed by atoms with Crippen LogP contribution in [0.2, 0.25) is 0 Å². The summed E-state index contributed by atoms with van der Waals surface area (Å²) in [6.07, 6.45) is 4.01. The Labute approximate surface area is 109 Å². The van der Waals surface area contributed by atoms with Crippen LogP contribution in [0, 0.1) is 0 Å². The molecule has 2 unspecified atom stereocenters. The number of aromatic nitrogens is 2. The highest BCUT2D eigenvalue weighted by molar-refractivity contribution is 5.03. The zero-order valence-electron chi connectivity index (χ0n) is 11.6. The van der Waals surface area contributed by atoms with Crippen LogP contribution in [0.5, 0.6) is 0 Å². The maximum absolute atomic E-state index is 5.95. The number of morpholine rings is 1. The summed E-state index contributed by atoms with van der Waals surface area (Å²) in [5.74, 6) is 1.06. The molecule has 0 bridgehead atoms. The summed E-state index contributed by atoms with van der Waals surface area (Å²) in [5.41, 5.74) is 0. The first kappa shape index (κ1) is 13.5. The summed E-state index contributed by atoms with van der Waals surface area (Å²) >= 11 is 0. The summed E-state index contributed by atoms with van der Waals surface area (Å²) in [6.45, 7) is 9.14. The third kappa shape index (κ3) is 2.91. The average Bonchev–Trinajstić information content (AvgIpc) is 2.82. The van der Waals surface area contributed by atoms with Gasteiger partial charge in [-0.2, -0.15) is 0 Å². The molecule has 102 valence electrons. The van der Waals surface area contributed by atoms with Crippen molar-refractivity contribution in [2.75, 3.05) is 32.8 Å². The van der Waals surface area contributed by atoms with Crippen LogP contribution in [0.1, 0.15) is 25.7 Å². The Bertz CT molecular complexity index is 366. The highest BCUT2D eigenvalue weighted by Crippen LogP contribution is 2.20. The lowest BCUT2D eigenvalue weighted by Gasteiger charge is -2.36. The molecule has 2 rings (SSSR count). The Morgan fingerprint density at radius 2 is 2.39 bits per heavy atom. The van der Waals surface area contributed by atoms with Crippen molar-refractivity contribution in [3.05, 3.63) is 18.2 Å². The SMILES string of the molecule is CCNC(c1nccn1C)C1CN(CC)CCO1. The van der Waals surface area contributed by atoms with E-state index in [1.165, 1.54) is 0 Å². The Kier molecular flexibility index (Phi) is 4.74. The molecule has 0 aliphatic carbocycles. The van der Waals surface area contributed by atoms with Crippen LogP contribution in [-0.2, 0) is 11.8 Å². The fourth-order valence-corrected chi connectivity index (χ4v) is 2.51. The van der Waals surface area contributed by atoms with Gasteiger partial charge in [0.05, 0.1) is 18.8 Å². The monoisotopic (exact) mass is 252 g/mol. The van der Waals surface area contributed by atoms with Gasteiger partial charge in [-0.15, -0.1) is 0 Å². The molecule has 2 atom stereocenters. The molecule has 1 aliphatic heterocycles. The molecule has 18 heavy (non-hydrogen) atoms. The van der Waals surface area contributed by atoms with Gasteiger partial charge in [-0.05, 0) is 13.1 Å². The van der Waals surface area contributed by atoms with Crippen molar-refractivity contribution in [3.63, 3.8) is 0 Å². The molecule has 1 aliphatic rings. The molecule has 1 aromatic rings. The van der Waals surface area contributed by atoms with E-state index in [2.05, 4.69) is 33.6 Å². The van der Waals surface area contributed by atoms with Crippen molar-refractivity contribution in [2.24, 2.45) is 7.05 Å². The fraction of sp³-hybridized carbons (Fsp3) is 0.769. The van der Waals surface area contributed by atoms with E-state index >= 15 is 0 Å². The van der Waals surface area contributed by atoms with Crippen molar-refractivity contribution in [1.82, 2.24) is 19.8 Å². The zero-order valence-corrected chi connectivity index (χ0v) is 11.6. The average molecular weight is 252 g/mol. The third-order valence-electron chi connectivity index (χ3n) is 3.56. The van der Waals surface area contributed by atoms with Crippen molar-refractivity contribution < 1.29 is 4.74 Å². The molecule has 2 heterocycles. The summed E-state index contributed by atoms with van der Waals surface area (Å²) < 4.78 is 8.02. The van der Waals surface area contributed by atoms with Gasteiger partial charge in [0, 0.05) is 32.5 Å². The molecule has 0 saturated carbocycles. The highest BCUT2D eigenvalue weighted by Gasteiger charge is 2.30. The topological polar surface area (TPSA) is 42.3 Å². The van der Waals surface area contributed by atoms with E-state index in [0.29, 0.717) is 0 Å². The van der Waals surface area contributed by atoms with Gasteiger partial charge in [0.15, 0.2) is 0 Å². The normalized spacial score (nSPS) is 23.2. The highest BCUT2D eigenvalue weighted by atomic mass is 16.5. The maximum atomic E-state index is 5.95. The largest absolute Gasteiger partial charge is 0.373 e. The van der Waals surface area contributed by atoms with E-state index in [1.54, 1.807) is 0 Å². The number of hydrogen-bond donors (Lipinski definition) is 1. The van der Waals surface area contributed by atoms with E-state index in [9.17, 15) is 0 Å². The van der Waals surface area contributed by atoms with Gasteiger partial charge in [0.1, 0.15) is 5.82 Å². The van der Waals surface area contributed by atoms with Crippen LogP contribution < -0.4 is 5.32 Å². The van der Waals surface area contributed by atoms with E-state index < -0.39 is 0 Å².